The molecule has 2 heterocycles. The zero-order chi connectivity index (χ0) is 12.6. The summed E-state index contributed by atoms with van der Waals surface area (Å²) in [7, 11) is 0. The maximum atomic E-state index is 12.8. The molecule has 0 atom stereocenters. The Morgan fingerprint density at radius 3 is 2.59 bits per heavy atom. The Balaban J connectivity index is 2.61. The molecular formula is C11H13FN4S. The number of nitrogens with zero attached hydrogens (tertiary/aromatic N) is 3. The zero-order valence-corrected chi connectivity index (χ0v) is 10.7. The molecule has 0 aliphatic heterocycles. The van der Waals surface area contributed by atoms with E-state index < -0.39 is 0 Å². The number of H-pyrrole nitrogens is 1. The van der Waals surface area contributed by atoms with E-state index in [9.17, 15) is 4.39 Å². The van der Waals surface area contributed by atoms with Gasteiger partial charge < -0.3 is 0 Å². The Bertz CT molecular complexity index is 577. The molecule has 4 nitrogen and oxygen atoms in total. The van der Waals surface area contributed by atoms with Crippen LogP contribution in [0.1, 0.15) is 20.8 Å². The minimum Gasteiger partial charge on any atom is -0.293 e. The van der Waals surface area contributed by atoms with Crippen molar-refractivity contribution in [2.45, 2.75) is 26.3 Å². The van der Waals surface area contributed by atoms with Gasteiger partial charge in [0.2, 0.25) is 0 Å². The van der Waals surface area contributed by atoms with Gasteiger partial charge in [0.15, 0.2) is 10.6 Å². The molecule has 0 spiro atoms. The summed E-state index contributed by atoms with van der Waals surface area (Å²) in [6, 6.07) is 2.94. The minimum absolute atomic E-state index is 0.213. The third kappa shape index (κ3) is 2.26. The standard InChI is InChI=1S/C11H13FN4S/c1-11(2,3)16-9(14-15-10(16)17)8-5-4-7(12)6-13-8/h4-6H,1-3H3,(H,15,17). The summed E-state index contributed by atoms with van der Waals surface area (Å²) in [6.45, 7) is 6.06. The Labute approximate surface area is 104 Å². The number of halogens is 1. The van der Waals surface area contributed by atoms with Crippen molar-refractivity contribution in [1.29, 1.82) is 0 Å². The molecule has 0 amide bonds. The van der Waals surface area contributed by atoms with E-state index in [1.54, 1.807) is 6.07 Å². The van der Waals surface area contributed by atoms with Crippen LogP contribution in [0.15, 0.2) is 18.3 Å². The second kappa shape index (κ2) is 4.03. The maximum Gasteiger partial charge on any atom is 0.195 e. The van der Waals surface area contributed by atoms with Crippen LogP contribution in [0.25, 0.3) is 11.5 Å². The molecule has 0 aliphatic rings. The van der Waals surface area contributed by atoms with Crippen LogP contribution in [0.2, 0.25) is 0 Å². The highest BCUT2D eigenvalue weighted by molar-refractivity contribution is 7.71. The minimum atomic E-state index is -0.370. The van der Waals surface area contributed by atoms with E-state index in [2.05, 4.69) is 15.2 Å². The lowest BCUT2D eigenvalue weighted by Gasteiger charge is -2.22. The van der Waals surface area contributed by atoms with Gasteiger partial charge in [-0.3, -0.25) is 9.67 Å². The Morgan fingerprint density at radius 1 is 1.35 bits per heavy atom. The lowest BCUT2D eigenvalue weighted by molar-refractivity contribution is 0.395. The van der Waals surface area contributed by atoms with Crippen molar-refractivity contribution in [3.8, 4) is 11.5 Å². The van der Waals surface area contributed by atoms with Gasteiger partial charge in [-0.2, -0.15) is 5.10 Å². The van der Waals surface area contributed by atoms with Gasteiger partial charge in [0.25, 0.3) is 0 Å². The van der Waals surface area contributed by atoms with Crippen LogP contribution in [0.5, 0.6) is 0 Å². The smallest absolute Gasteiger partial charge is 0.195 e. The highest BCUT2D eigenvalue weighted by atomic mass is 32.1. The number of hydrogen-bond acceptors (Lipinski definition) is 3. The molecule has 0 aromatic carbocycles. The monoisotopic (exact) mass is 252 g/mol. The largest absolute Gasteiger partial charge is 0.293 e. The van der Waals surface area contributed by atoms with E-state index >= 15 is 0 Å². The number of aromatic amines is 1. The van der Waals surface area contributed by atoms with E-state index in [1.807, 2.05) is 25.3 Å². The molecule has 2 aromatic heterocycles. The third-order valence-corrected chi connectivity index (χ3v) is 2.57. The van der Waals surface area contributed by atoms with E-state index in [1.165, 1.54) is 12.3 Å². The molecule has 0 saturated heterocycles. The van der Waals surface area contributed by atoms with Crippen LogP contribution in [0.3, 0.4) is 0 Å². The zero-order valence-electron chi connectivity index (χ0n) is 9.86. The lowest BCUT2D eigenvalue weighted by Crippen LogP contribution is -2.23. The summed E-state index contributed by atoms with van der Waals surface area (Å²) >= 11 is 5.19. The van der Waals surface area contributed by atoms with Crippen molar-refractivity contribution in [3.63, 3.8) is 0 Å². The van der Waals surface area contributed by atoms with Crippen LogP contribution in [0.4, 0.5) is 4.39 Å². The molecule has 2 aromatic rings. The predicted molar refractivity (Wildman–Crippen MR) is 65.6 cm³/mol. The molecule has 6 heteroatoms. The summed E-state index contributed by atoms with van der Waals surface area (Å²) in [5.74, 6) is 0.243. The van der Waals surface area contributed by atoms with E-state index in [0.717, 1.165) is 0 Å². The first-order chi connectivity index (χ1) is 7.89. The van der Waals surface area contributed by atoms with E-state index in [-0.39, 0.29) is 11.4 Å². The van der Waals surface area contributed by atoms with E-state index in [4.69, 9.17) is 12.2 Å². The van der Waals surface area contributed by atoms with Gasteiger partial charge >= 0.3 is 0 Å². The second-order valence-corrected chi connectivity index (χ2v) is 5.11. The van der Waals surface area contributed by atoms with Crippen molar-refractivity contribution in [1.82, 2.24) is 19.7 Å². The molecule has 17 heavy (non-hydrogen) atoms. The van der Waals surface area contributed by atoms with Gasteiger partial charge in [-0.25, -0.2) is 9.37 Å². The molecule has 0 unspecified atom stereocenters. The number of pyridine rings is 1. The van der Waals surface area contributed by atoms with Crippen molar-refractivity contribution in [2.75, 3.05) is 0 Å². The molecular weight excluding hydrogens is 239 g/mol. The van der Waals surface area contributed by atoms with Crippen molar-refractivity contribution < 1.29 is 4.39 Å². The van der Waals surface area contributed by atoms with Crippen LogP contribution < -0.4 is 0 Å². The van der Waals surface area contributed by atoms with Gasteiger partial charge in [0.1, 0.15) is 11.5 Å². The molecule has 0 aliphatic carbocycles. The number of hydrogen-bond donors (Lipinski definition) is 1. The third-order valence-electron chi connectivity index (χ3n) is 2.30. The molecule has 0 fully saturated rings. The summed E-state index contributed by atoms with van der Waals surface area (Å²) < 4.78 is 15.2. The topological polar surface area (TPSA) is 46.5 Å². The average Bonchev–Trinajstić information content (AvgIpc) is 2.61. The van der Waals surface area contributed by atoms with Crippen molar-refractivity contribution in [2.24, 2.45) is 0 Å². The van der Waals surface area contributed by atoms with E-state index in [0.29, 0.717) is 16.3 Å². The molecule has 90 valence electrons. The van der Waals surface area contributed by atoms with Crippen LogP contribution in [-0.2, 0) is 5.54 Å². The number of rotatable bonds is 1. The Hall–Kier alpha value is -1.56. The summed E-state index contributed by atoms with van der Waals surface area (Å²) in [5, 5.41) is 6.88. The predicted octanol–water partition coefficient (Wildman–Crippen LogP) is 2.90. The molecule has 0 radical (unpaired) electrons. The fraction of sp³-hybridized carbons (Fsp3) is 0.364. The lowest BCUT2D eigenvalue weighted by atomic mass is 10.1. The molecule has 0 saturated carbocycles. The normalized spacial score (nSPS) is 11.8. The van der Waals surface area contributed by atoms with Gasteiger partial charge in [-0.1, -0.05) is 0 Å². The summed E-state index contributed by atoms with van der Waals surface area (Å²) in [6.07, 6.45) is 1.17. The molecule has 1 N–H and O–H groups in total. The highest BCUT2D eigenvalue weighted by Gasteiger charge is 2.20. The van der Waals surface area contributed by atoms with Crippen LogP contribution in [0, 0.1) is 10.6 Å². The fourth-order valence-corrected chi connectivity index (χ4v) is 2.01. The average molecular weight is 252 g/mol. The first-order valence-corrected chi connectivity index (χ1v) is 5.60. The van der Waals surface area contributed by atoms with Gasteiger partial charge in [-0.15, -0.1) is 0 Å². The first kappa shape index (κ1) is 11.9. The van der Waals surface area contributed by atoms with Gasteiger partial charge in [0.05, 0.1) is 6.20 Å². The number of nitrogens with one attached hydrogen (secondary N) is 1. The van der Waals surface area contributed by atoms with Gasteiger partial charge in [0, 0.05) is 5.54 Å². The van der Waals surface area contributed by atoms with Gasteiger partial charge in [-0.05, 0) is 45.1 Å². The summed E-state index contributed by atoms with van der Waals surface area (Å²) in [5.41, 5.74) is 0.379. The summed E-state index contributed by atoms with van der Waals surface area (Å²) in [4.78, 5) is 4.01. The van der Waals surface area contributed by atoms with Crippen LogP contribution in [-0.4, -0.2) is 19.7 Å². The van der Waals surface area contributed by atoms with Crippen molar-refractivity contribution >= 4 is 12.2 Å². The SMILES string of the molecule is CC(C)(C)n1c(-c2ccc(F)cn2)n[nH]c1=S. The first-order valence-electron chi connectivity index (χ1n) is 5.19. The highest BCUT2D eigenvalue weighted by Crippen LogP contribution is 2.23. The van der Waals surface area contributed by atoms with Crippen LogP contribution >= 0.6 is 12.2 Å². The second-order valence-electron chi connectivity index (χ2n) is 4.72. The maximum absolute atomic E-state index is 12.8. The molecule has 0 bridgehead atoms. The Kier molecular flexibility index (Phi) is 2.82. The van der Waals surface area contributed by atoms with Crippen molar-refractivity contribution in [3.05, 3.63) is 28.9 Å². The quantitative estimate of drug-likeness (QED) is 0.794. The fourth-order valence-electron chi connectivity index (χ4n) is 1.60. The number of aromatic nitrogens is 4. The Morgan fingerprint density at radius 2 is 2.06 bits per heavy atom. The molecule has 2 rings (SSSR count).